The average Bonchev–Trinajstić information content (AvgIpc) is 2.95. The van der Waals surface area contributed by atoms with Gasteiger partial charge < -0.3 is 9.64 Å². The lowest BCUT2D eigenvalue weighted by molar-refractivity contribution is 0.0526. The zero-order valence-corrected chi connectivity index (χ0v) is 12.6. The molecule has 0 bridgehead atoms. The highest BCUT2D eigenvalue weighted by atomic mass is 16.5. The first-order valence-corrected chi connectivity index (χ1v) is 7.58. The fraction of sp³-hybridized carbons (Fsp3) is 0.625. The molecule has 1 aliphatic heterocycles. The molecule has 114 valence electrons. The molecular weight excluding hydrogens is 266 g/mol. The Morgan fingerprint density at radius 3 is 2.95 bits per heavy atom. The number of rotatable bonds is 6. The molecule has 0 radical (unpaired) electrons. The molecule has 0 atom stereocenters. The Labute approximate surface area is 126 Å². The Balaban J connectivity index is 1.78. The quantitative estimate of drug-likeness (QED) is 0.592. The van der Waals surface area contributed by atoms with Crippen molar-refractivity contribution in [3.05, 3.63) is 18.0 Å². The summed E-state index contributed by atoms with van der Waals surface area (Å²) in [4.78, 5) is 14.0. The first kappa shape index (κ1) is 15.6. The molecule has 1 aromatic rings. The summed E-state index contributed by atoms with van der Waals surface area (Å²) >= 11 is 0. The third-order valence-corrected chi connectivity index (χ3v) is 3.87. The van der Waals surface area contributed by atoms with Crippen LogP contribution in [0.5, 0.6) is 0 Å². The molecule has 0 amide bonds. The van der Waals surface area contributed by atoms with Gasteiger partial charge in [0, 0.05) is 25.7 Å². The maximum atomic E-state index is 11.6. The third-order valence-electron chi connectivity index (χ3n) is 3.87. The van der Waals surface area contributed by atoms with Crippen molar-refractivity contribution in [2.45, 2.75) is 32.7 Å². The number of terminal acetylenes is 1. The Kier molecular flexibility index (Phi) is 5.82. The average molecular weight is 289 g/mol. The lowest BCUT2D eigenvalue weighted by Gasteiger charge is -2.31. The monoisotopic (exact) mass is 289 g/mol. The zero-order valence-electron chi connectivity index (χ0n) is 12.6. The fourth-order valence-corrected chi connectivity index (χ4v) is 2.66. The van der Waals surface area contributed by atoms with E-state index >= 15 is 0 Å². The number of carbonyl (C=O) groups is 1. The second-order valence-electron chi connectivity index (χ2n) is 5.41. The van der Waals surface area contributed by atoms with Crippen LogP contribution in [0.25, 0.3) is 0 Å². The molecule has 21 heavy (non-hydrogen) atoms. The molecule has 5 nitrogen and oxygen atoms in total. The van der Waals surface area contributed by atoms with Gasteiger partial charge in [-0.2, -0.15) is 5.10 Å². The molecule has 0 aliphatic carbocycles. The van der Waals surface area contributed by atoms with Crippen LogP contribution >= 0.6 is 0 Å². The molecule has 1 aromatic heterocycles. The van der Waals surface area contributed by atoms with Crippen molar-refractivity contribution >= 4 is 5.97 Å². The first-order chi connectivity index (χ1) is 10.2. The van der Waals surface area contributed by atoms with E-state index in [2.05, 4.69) is 15.9 Å². The van der Waals surface area contributed by atoms with Crippen LogP contribution in [-0.4, -0.2) is 46.9 Å². The molecule has 5 heteroatoms. The number of likely N-dealkylation sites (tertiary alicyclic amines) is 1. The Morgan fingerprint density at radius 2 is 2.29 bits per heavy atom. The highest BCUT2D eigenvalue weighted by Gasteiger charge is 2.20. The van der Waals surface area contributed by atoms with Crippen LogP contribution in [0.4, 0.5) is 0 Å². The third kappa shape index (κ3) is 4.61. The van der Waals surface area contributed by atoms with Crippen LogP contribution in [0.3, 0.4) is 0 Å². The normalized spacial score (nSPS) is 16.6. The van der Waals surface area contributed by atoms with E-state index in [0.717, 1.165) is 45.4 Å². The van der Waals surface area contributed by atoms with Crippen LogP contribution in [-0.2, 0) is 11.3 Å². The van der Waals surface area contributed by atoms with Crippen molar-refractivity contribution in [2.24, 2.45) is 5.92 Å². The van der Waals surface area contributed by atoms with Crippen molar-refractivity contribution in [1.29, 1.82) is 0 Å². The van der Waals surface area contributed by atoms with E-state index < -0.39 is 0 Å². The maximum Gasteiger partial charge on any atom is 0.341 e. The highest BCUT2D eigenvalue weighted by molar-refractivity contribution is 5.88. The number of aromatic nitrogens is 2. The van der Waals surface area contributed by atoms with Gasteiger partial charge in [0.25, 0.3) is 0 Å². The van der Waals surface area contributed by atoms with E-state index in [1.165, 1.54) is 0 Å². The first-order valence-electron chi connectivity index (χ1n) is 7.58. The Morgan fingerprint density at radius 1 is 1.52 bits per heavy atom. The van der Waals surface area contributed by atoms with E-state index in [-0.39, 0.29) is 5.97 Å². The topological polar surface area (TPSA) is 47.4 Å². The van der Waals surface area contributed by atoms with Gasteiger partial charge in [-0.25, -0.2) is 4.79 Å². The van der Waals surface area contributed by atoms with Gasteiger partial charge in [0.05, 0.1) is 18.4 Å². The van der Waals surface area contributed by atoms with Crippen molar-refractivity contribution in [2.75, 3.05) is 26.2 Å². The van der Waals surface area contributed by atoms with Gasteiger partial charge in [-0.3, -0.25) is 4.68 Å². The molecule has 0 aromatic carbocycles. The van der Waals surface area contributed by atoms with Gasteiger partial charge >= 0.3 is 5.97 Å². The second-order valence-corrected chi connectivity index (χ2v) is 5.41. The Bertz CT molecular complexity index is 496. The smallest absolute Gasteiger partial charge is 0.341 e. The Hall–Kier alpha value is -1.80. The summed E-state index contributed by atoms with van der Waals surface area (Å²) in [5.74, 6) is 3.00. The van der Waals surface area contributed by atoms with Gasteiger partial charge in [0.1, 0.15) is 0 Å². The molecule has 1 saturated heterocycles. The lowest BCUT2D eigenvalue weighted by Crippen LogP contribution is -2.35. The van der Waals surface area contributed by atoms with Crippen molar-refractivity contribution in [1.82, 2.24) is 14.7 Å². The number of ether oxygens (including phenoxy) is 1. The molecule has 0 unspecified atom stereocenters. The minimum atomic E-state index is -0.298. The largest absolute Gasteiger partial charge is 0.462 e. The maximum absolute atomic E-state index is 11.6. The van der Waals surface area contributed by atoms with Crippen molar-refractivity contribution in [3.63, 3.8) is 0 Å². The van der Waals surface area contributed by atoms with Crippen molar-refractivity contribution < 1.29 is 9.53 Å². The number of carbonyl (C=O) groups excluding carboxylic acids is 1. The molecule has 0 saturated carbocycles. The molecule has 2 rings (SSSR count). The van der Waals surface area contributed by atoms with Gasteiger partial charge in [-0.15, -0.1) is 12.3 Å². The summed E-state index contributed by atoms with van der Waals surface area (Å²) < 4.78 is 6.82. The number of piperidine rings is 1. The van der Waals surface area contributed by atoms with E-state index in [0.29, 0.717) is 18.1 Å². The molecule has 0 N–H and O–H groups in total. The van der Waals surface area contributed by atoms with Gasteiger partial charge in [-0.1, -0.05) is 0 Å². The van der Waals surface area contributed by atoms with Crippen LogP contribution in [0, 0.1) is 18.3 Å². The minimum Gasteiger partial charge on any atom is -0.462 e. The highest BCUT2D eigenvalue weighted by Crippen LogP contribution is 2.19. The van der Waals surface area contributed by atoms with E-state index in [9.17, 15) is 4.79 Å². The van der Waals surface area contributed by atoms with E-state index in [4.69, 9.17) is 11.2 Å². The summed E-state index contributed by atoms with van der Waals surface area (Å²) in [6.45, 7) is 6.24. The predicted molar refractivity (Wildman–Crippen MR) is 80.8 cm³/mol. The predicted octanol–water partition coefficient (Wildman–Crippen LogP) is 1.80. The van der Waals surface area contributed by atoms with Crippen LogP contribution in [0.2, 0.25) is 0 Å². The molecule has 2 heterocycles. The number of hydrogen-bond acceptors (Lipinski definition) is 4. The summed E-state index contributed by atoms with van der Waals surface area (Å²) in [5, 5.41) is 4.26. The second kappa shape index (κ2) is 7.84. The number of nitrogens with zero attached hydrogens (tertiary/aromatic N) is 3. The van der Waals surface area contributed by atoms with Gasteiger partial charge in [0.15, 0.2) is 0 Å². The fourth-order valence-electron chi connectivity index (χ4n) is 2.66. The number of hydrogen-bond donors (Lipinski definition) is 0. The van der Waals surface area contributed by atoms with E-state index in [1.807, 2.05) is 4.68 Å². The number of esters is 1. The molecular formula is C16H23N3O2. The molecule has 1 fully saturated rings. The standard InChI is InChI=1S/C16H23N3O2/c1-3-5-8-18-9-6-14(7-10-18)12-19-13-15(11-17-19)16(20)21-4-2/h1,11,13-14H,4-10,12H2,2H3. The molecule has 0 spiro atoms. The van der Waals surface area contributed by atoms with Crippen LogP contribution in [0.15, 0.2) is 12.4 Å². The van der Waals surface area contributed by atoms with E-state index in [1.54, 1.807) is 19.3 Å². The lowest BCUT2D eigenvalue weighted by atomic mass is 9.97. The van der Waals surface area contributed by atoms with Gasteiger partial charge in [0.2, 0.25) is 0 Å². The SMILES string of the molecule is C#CCCN1CCC(Cn2cc(C(=O)OCC)cn2)CC1. The molecule has 1 aliphatic rings. The van der Waals surface area contributed by atoms with Crippen molar-refractivity contribution in [3.8, 4) is 12.3 Å². The summed E-state index contributed by atoms with van der Waals surface area (Å²) in [7, 11) is 0. The van der Waals surface area contributed by atoms with Gasteiger partial charge in [-0.05, 0) is 38.8 Å². The van der Waals surface area contributed by atoms with Crippen LogP contribution in [0.1, 0.15) is 36.5 Å². The zero-order chi connectivity index (χ0) is 15.1. The summed E-state index contributed by atoms with van der Waals surface area (Å²) in [5.41, 5.74) is 0.531. The summed E-state index contributed by atoms with van der Waals surface area (Å²) in [6.07, 6.45) is 11.8. The summed E-state index contributed by atoms with van der Waals surface area (Å²) in [6, 6.07) is 0. The minimum absolute atomic E-state index is 0.298. The van der Waals surface area contributed by atoms with Crippen LogP contribution < -0.4 is 0 Å².